The maximum Gasteiger partial charge on any atom is 0.573 e. The Morgan fingerprint density at radius 2 is 1.85 bits per heavy atom. The average Bonchev–Trinajstić information content (AvgIpc) is 2.64. The fourth-order valence-electron chi connectivity index (χ4n) is 2.11. The van der Waals surface area contributed by atoms with Gasteiger partial charge in [0.25, 0.3) is 0 Å². The fraction of sp³-hybridized carbons (Fsp3) is 0.158. The van der Waals surface area contributed by atoms with Crippen LogP contribution in [0.4, 0.5) is 13.2 Å². The van der Waals surface area contributed by atoms with Crippen LogP contribution in [0.5, 0.6) is 17.2 Å². The number of ketones is 1. The molecule has 0 aliphatic rings. The number of rotatable bonds is 7. The summed E-state index contributed by atoms with van der Waals surface area (Å²) in [6, 6.07) is 11.4. The molecule has 0 saturated heterocycles. The Hall–Kier alpha value is -3.47. The zero-order valence-corrected chi connectivity index (χ0v) is 14.1. The van der Waals surface area contributed by atoms with Crippen LogP contribution in [0, 0.1) is 11.3 Å². The molecule has 27 heavy (non-hydrogen) atoms. The van der Waals surface area contributed by atoms with Crippen molar-refractivity contribution in [2.24, 2.45) is 0 Å². The normalized spacial score (nSPS) is 11.1. The molecule has 0 aliphatic carbocycles. The molecule has 0 aliphatic heterocycles. The molecule has 0 atom stereocenters. The van der Waals surface area contributed by atoms with E-state index in [1.807, 2.05) is 6.07 Å². The van der Waals surface area contributed by atoms with E-state index >= 15 is 0 Å². The summed E-state index contributed by atoms with van der Waals surface area (Å²) >= 11 is 0. The fourth-order valence-corrected chi connectivity index (χ4v) is 2.11. The van der Waals surface area contributed by atoms with Crippen molar-refractivity contribution in [2.45, 2.75) is 6.36 Å². The zero-order valence-electron chi connectivity index (χ0n) is 14.1. The molecule has 0 unspecified atom stereocenters. The van der Waals surface area contributed by atoms with Gasteiger partial charge in [-0.25, -0.2) is 0 Å². The average molecular weight is 377 g/mol. The van der Waals surface area contributed by atoms with E-state index < -0.39 is 17.9 Å². The van der Waals surface area contributed by atoms with Crippen molar-refractivity contribution in [1.82, 2.24) is 0 Å². The molecule has 0 fully saturated rings. The van der Waals surface area contributed by atoms with Gasteiger partial charge in [-0.1, -0.05) is 12.1 Å². The molecular weight excluding hydrogens is 363 g/mol. The molecule has 2 aromatic carbocycles. The van der Waals surface area contributed by atoms with Gasteiger partial charge in [-0.05, 0) is 48.0 Å². The van der Waals surface area contributed by atoms with Gasteiger partial charge in [-0.3, -0.25) is 4.79 Å². The molecule has 0 spiro atoms. The second-order valence-corrected chi connectivity index (χ2v) is 5.13. The van der Waals surface area contributed by atoms with E-state index in [9.17, 15) is 18.0 Å². The van der Waals surface area contributed by atoms with Crippen LogP contribution in [-0.2, 0) is 0 Å². The van der Waals surface area contributed by atoms with Crippen LogP contribution in [0.1, 0.15) is 15.9 Å². The second kappa shape index (κ2) is 8.76. The lowest BCUT2D eigenvalue weighted by atomic mass is 10.1. The highest BCUT2D eigenvalue weighted by atomic mass is 19.4. The molecule has 0 N–H and O–H groups in total. The Bertz CT molecular complexity index is 868. The molecular formula is C19H14F3NO4. The Balaban J connectivity index is 2.09. The number of hydrogen-bond acceptors (Lipinski definition) is 5. The van der Waals surface area contributed by atoms with Gasteiger partial charge < -0.3 is 14.2 Å². The minimum Gasteiger partial charge on any atom is -0.493 e. The molecule has 0 radical (unpaired) electrons. The van der Waals surface area contributed by atoms with Crippen LogP contribution in [0.3, 0.4) is 0 Å². The molecule has 0 aromatic heterocycles. The second-order valence-electron chi connectivity index (χ2n) is 5.13. The number of nitrogens with zero attached hydrogens (tertiary/aromatic N) is 1. The van der Waals surface area contributed by atoms with Gasteiger partial charge in [-0.2, -0.15) is 5.26 Å². The maximum atomic E-state index is 12.1. The summed E-state index contributed by atoms with van der Waals surface area (Å²) in [5.41, 5.74) is 0.850. The first kappa shape index (κ1) is 19.8. The monoisotopic (exact) mass is 377 g/mol. The van der Waals surface area contributed by atoms with Gasteiger partial charge in [0, 0.05) is 5.56 Å². The molecule has 0 heterocycles. The van der Waals surface area contributed by atoms with Crippen molar-refractivity contribution < 1.29 is 32.2 Å². The third kappa shape index (κ3) is 6.08. The number of halogens is 3. The van der Waals surface area contributed by atoms with Gasteiger partial charge >= 0.3 is 6.36 Å². The van der Waals surface area contributed by atoms with Crippen molar-refractivity contribution >= 4 is 11.9 Å². The Morgan fingerprint density at radius 1 is 1.15 bits per heavy atom. The highest BCUT2D eigenvalue weighted by molar-refractivity contribution is 6.06. The summed E-state index contributed by atoms with van der Waals surface area (Å²) in [7, 11) is 1.44. The van der Waals surface area contributed by atoms with E-state index in [2.05, 4.69) is 4.74 Å². The van der Waals surface area contributed by atoms with Gasteiger partial charge in [0.05, 0.1) is 7.11 Å². The van der Waals surface area contributed by atoms with Gasteiger partial charge in [-0.15, -0.1) is 13.2 Å². The molecule has 0 amide bonds. The van der Waals surface area contributed by atoms with E-state index in [1.165, 1.54) is 31.4 Å². The Labute approximate surface area is 153 Å². The van der Waals surface area contributed by atoms with E-state index in [1.54, 1.807) is 18.2 Å². The zero-order chi connectivity index (χ0) is 19.9. The highest BCUT2D eigenvalue weighted by Crippen LogP contribution is 2.28. The van der Waals surface area contributed by atoms with Crippen molar-refractivity contribution in [3.8, 4) is 23.3 Å². The summed E-state index contributed by atoms with van der Waals surface area (Å²) in [6.45, 7) is -0.127. The number of hydrogen-bond donors (Lipinski definition) is 0. The number of allylic oxidation sites excluding steroid dienone is 1. The smallest absolute Gasteiger partial charge is 0.493 e. The van der Waals surface area contributed by atoms with Crippen LogP contribution in [0.2, 0.25) is 0 Å². The standard InChI is InChI=1S/C19H14F3NO4/c1-25-18-12-13(3-9-17(18)26-11-10-23)2-8-16(24)14-4-6-15(7-5-14)27-19(20,21)22/h2-9,12H,11H2,1H3. The van der Waals surface area contributed by atoms with Crippen LogP contribution in [0.25, 0.3) is 6.08 Å². The van der Waals surface area contributed by atoms with Gasteiger partial charge in [0.15, 0.2) is 23.9 Å². The summed E-state index contributed by atoms with van der Waals surface area (Å²) in [6.07, 6.45) is -1.98. The third-order valence-electron chi connectivity index (χ3n) is 3.28. The van der Waals surface area contributed by atoms with Crippen molar-refractivity contribution in [2.75, 3.05) is 13.7 Å². The first-order valence-corrected chi connectivity index (χ1v) is 7.58. The Kier molecular flexibility index (Phi) is 6.44. The van der Waals surface area contributed by atoms with Gasteiger partial charge in [0.1, 0.15) is 11.8 Å². The number of ether oxygens (including phenoxy) is 3. The van der Waals surface area contributed by atoms with E-state index in [4.69, 9.17) is 14.7 Å². The topological polar surface area (TPSA) is 68.6 Å². The SMILES string of the molecule is COc1cc(C=CC(=O)c2ccc(OC(F)(F)F)cc2)ccc1OCC#N. The summed E-state index contributed by atoms with van der Waals surface area (Å²) < 4.78 is 50.5. The Morgan fingerprint density at radius 3 is 2.44 bits per heavy atom. The summed E-state index contributed by atoms with van der Waals surface area (Å²) in [5.74, 6) is -0.00524. The van der Waals surface area contributed by atoms with Gasteiger partial charge in [0.2, 0.25) is 0 Å². The number of benzene rings is 2. The largest absolute Gasteiger partial charge is 0.573 e. The minimum atomic E-state index is -4.78. The van der Waals surface area contributed by atoms with E-state index in [0.717, 1.165) is 12.1 Å². The molecule has 2 rings (SSSR count). The number of carbonyl (C=O) groups is 1. The summed E-state index contributed by atoms with van der Waals surface area (Å²) in [5, 5.41) is 8.54. The molecule has 140 valence electrons. The van der Waals surface area contributed by atoms with Crippen LogP contribution >= 0.6 is 0 Å². The van der Waals surface area contributed by atoms with Crippen molar-refractivity contribution in [3.63, 3.8) is 0 Å². The molecule has 2 aromatic rings. The predicted octanol–water partition coefficient (Wildman–Crippen LogP) is 4.39. The van der Waals surface area contributed by atoms with Crippen molar-refractivity contribution in [3.05, 3.63) is 59.7 Å². The van der Waals surface area contributed by atoms with Crippen LogP contribution in [-0.4, -0.2) is 25.9 Å². The predicted molar refractivity (Wildman–Crippen MR) is 90.6 cm³/mol. The van der Waals surface area contributed by atoms with Crippen molar-refractivity contribution in [1.29, 1.82) is 5.26 Å². The molecule has 5 nitrogen and oxygen atoms in total. The number of nitriles is 1. The minimum absolute atomic E-state index is 0.127. The van der Waals surface area contributed by atoms with Crippen LogP contribution in [0.15, 0.2) is 48.5 Å². The quantitative estimate of drug-likeness (QED) is 0.529. The number of methoxy groups -OCH3 is 1. The highest BCUT2D eigenvalue weighted by Gasteiger charge is 2.31. The first-order chi connectivity index (χ1) is 12.8. The van der Waals surface area contributed by atoms with E-state index in [-0.39, 0.29) is 12.2 Å². The molecule has 0 bridgehead atoms. The number of carbonyl (C=O) groups excluding carboxylic acids is 1. The lowest BCUT2D eigenvalue weighted by molar-refractivity contribution is -0.274. The molecule has 0 saturated carbocycles. The number of alkyl halides is 3. The maximum absolute atomic E-state index is 12.1. The molecule has 8 heteroatoms. The lowest BCUT2D eigenvalue weighted by Gasteiger charge is -2.09. The van der Waals surface area contributed by atoms with E-state index in [0.29, 0.717) is 17.1 Å². The lowest BCUT2D eigenvalue weighted by Crippen LogP contribution is -2.17. The summed E-state index contributed by atoms with van der Waals surface area (Å²) in [4.78, 5) is 12.1. The first-order valence-electron chi connectivity index (χ1n) is 7.58. The third-order valence-corrected chi connectivity index (χ3v) is 3.28. The van der Waals surface area contributed by atoms with Crippen LogP contribution < -0.4 is 14.2 Å².